The highest BCUT2D eigenvalue weighted by atomic mass is 32.2. The molecule has 2 aliphatic heterocycles. The number of nitrogens with one attached hydrogen (secondary N) is 2. The van der Waals surface area contributed by atoms with Crippen LogP contribution in [-0.4, -0.2) is 56.3 Å². The first-order valence-corrected chi connectivity index (χ1v) is 11.7. The smallest absolute Gasteiger partial charge is 0.236 e. The Morgan fingerprint density at radius 3 is 2.35 bits per heavy atom. The van der Waals surface area contributed by atoms with Crippen LogP contribution >= 0.6 is 0 Å². The molecule has 1 amide bonds. The minimum atomic E-state index is -3.55. The SMILES string of the molecule is O=C(C1CNNC1c1ccc(F)cc1)N1CCN(S(=O)(=O)/C=C/c2ccccc2)CC1. The average molecular weight is 445 g/mol. The van der Waals surface area contributed by atoms with Crippen LogP contribution in [0.1, 0.15) is 17.2 Å². The fourth-order valence-electron chi connectivity index (χ4n) is 3.93. The van der Waals surface area contributed by atoms with Gasteiger partial charge in [-0.1, -0.05) is 42.5 Å². The maximum absolute atomic E-state index is 13.2. The molecule has 2 unspecified atom stereocenters. The van der Waals surface area contributed by atoms with Gasteiger partial charge in [0.15, 0.2) is 0 Å². The number of rotatable bonds is 5. The van der Waals surface area contributed by atoms with Crippen LogP contribution in [0.4, 0.5) is 4.39 Å². The number of sulfonamides is 1. The van der Waals surface area contributed by atoms with E-state index in [1.807, 2.05) is 30.3 Å². The molecule has 0 spiro atoms. The van der Waals surface area contributed by atoms with Gasteiger partial charge in [-0.05, 0) is 29.3 Å². The molecule has 0 aromatic heterocycles. The number of nitrogens with zero attached hydrogens (tertiary/aromatic N) is 2. The van der Waals surface area contributed by atoms with Crippen molar-refractivity contribution in [1.29, 1.82) is 0 Å². The van der Waals surface area contributed by atoms with Crippen LogP contribution in [0.2, 0.25) is 0 Å². The molecule has 2 fully saturated rings. The van der Waals surface area contributed by atoms with Crippen molar-refractivity contribution in [3.05, 3.63) is 76.9 Å². The summed E-state index contributed by atoms with van der Waals surface area (Å²) >= 11 is 0. The molecular weight excluding hydrogens is 419 g/mol. The third-order valence-electron chi connectivity index (χ3n) is 5.67. The summed E-state index contributed by atoms with van der Waals surface area (Å²) in [6, 6.07) is 15.1. The monoisotopic (exact) mass is 444 g/mol. The van der Waals surface area contributed by atoms with Crippen molar-refractivity contribution < 1.29 is 17.6 Å². The van der Waals surface area contributed by atoms with E-state index in [1.54, 1.807) is 23.1 Å². The van der Waals surface area contributed by atoms with Crippen LogP contribution in [0, 0.1) is 11.7 Å². The van der Waals surface area contributed by atoms with E-state index in [2.05, 4.69) is 10.9 Å². The van der Waals surface area contributed by atoms with Crippen molar-refractivity contribution in [2.24, 2.45) is 5.92 Å². The highest BCUT2D eigenvalue weighted by molar-refractivity contribution is 7.92. The summed E-state index contributed by atoms with van der Waals surface area (Å²) in [5.74, 6) is -0.702. The van der Waals surface area contributed by atoms with E-state index in [0.717, 1.165) is 11.1 Å². The number of benzene rings is 2. The van der Waals surface area contributed by atoms with E-state index in [-0.39, 0.29) is 36.8 Å². The third-order valence-corrected chi connectivity index (χ3v) is 7.24. The summed E-state index contributed by atoms with van der Waals surface area (Å²) in [7, 11) is -3.55. The minimum absolute atomic E-state index is 0.0382. The zero-order chi connectivity index (χ0) is 21.8. The normalized spacial score (nSPS) is 22.8. The summed E-state index contributed by atoms with van der Waals surface area (Å²) in [6.07, 6.45) is 1.58. The Balaban J connectivity index is 1.37. The van der Waals surface area contributed by atoms with E-state index in [4.69, 9.17) is 0 Å². The van der Waals surface area contributed by atoms with Crippen LogP contribution in [0.15, 0.2) is 60.0 Å². The lowest BCUT2D eigenvalue weighted by molar-refractivity contribution is -0.136. The van der Waals surface area contributed by atoms with Gasteiger partial charge in [-0.3, -0.25) is 10.2 Å². The highest BCUT2D eigenvalue weighted by Gasteiger charge is 2.38. The van der Waals surface area contributed by atoms with Crippen molar-refractivity contribution in [3.63, 3.8) is 0 Å². The number of amides is 1. The second kappa shape index (κ2) is 9.27. The van der Waals surface area contributed by atoms with Crippen LogP contribution in [0.25, 0.3) is 6.08 Å². The molecule has 4 rings (SSSR count). The van der Waals surface area contributed by atoms with E-state index in [9.17, 15) is 17.6 Å². The van der Waals surface area contributed by atoms with Gasteiger partial charge < -0.3 is 4.90 Å². The van der Waals surface area contributed by atoms with Crippen molar-refractivity contribution in [2.45, 2.75) is 6.04 Å². The molecule has 7 nitrogen and oxygen atoms in total. The molecule has 164 valence electrons. The Morgan fingerprint density at radius 1 is 1.00 bits per heavy atom. The van der Waals surface area contributed by atoms with E-state index in [0.29, 0.717) is 19.6 Å². The second-order valence-corrected chi connectivity index (χ2v) is 9.46. The molecule has 2 atom stereocenters. The van der Waals surface area contributed by atoms with Gasteiger partial charge in [0.05, 0.1) is 12.0 Å². The number of hydrogen-bond donors (Lipinski definition) is 2. The molecule has 0 bridgehead atoms. The maximum atomic E-state index is 13.2. The van der Waals surface area contributed by atoms with Gasteiger partial charge in [-0.2, -0.15) is 4.31 Å². The van der Waals surface area contributed by atoms with E-state index >= 15 is 0 Å². The second-order valence-electron chi connectivity index (χ2n) is 7.64. The molecular formula is C22H25FN4O3S. The lowest BCUT2D eigenvalue weighted by Gasteiger charge is -2.35. The molecule has 2 heterocycles. The van der Waals surface area contributed by atoms with Gasteiger partial charge in [0.2, 0.25) is 15.9 Å². The molecule has 0 saturated carbocycles. The Hall–Kier alpha value is -2.59. The number of carbonyl (C=O) groups is 1. The summed E-state index contributed by atoms with van der Waals surface area (Å²) in [5, 5.41) is 1.22. The zero-order valence-electron chi connectivity index (χ0n) is 16.9. The number of hydrogen-bond acceptors (Lipinski definition) is 5. The van der Waals surface area contributed by atoms with Crippen molar-refractivity contribution in [1.82, 2.24) is 20.1 Å². The van der Waals surface area contributed by atoms with E-state index in [1.165, 1.54) is 21.8 Å². The van der Waals surface area contributed by atoms with Gasteiger partial charge >= 0.3 is 0 Å². The van der Waals surface area contributed by atoms with Gasteiger partial charge in [0.1, 0.15) is 5.82 Å². The van der Waals surface area contributed by atoms with Crippen molar-refractivity contribution in [2.75, 3.05) is 32.7 Å². The molecule has 2 aromatic carbocycles. The van der Waals surface area contributed by atoms with Crippen molar-refractivity contribution >= 4 is 22.0 Å². The van der Waals surface area contributed by atoms with Crippen LogP contribution in [0.3, 0.4) is 0 Å². The Labute approximate surface area is 181 Å². The average Bonchev–Trinajstić information content (AvgIpc) is 3.28. The lowest BCUT2D eigenvalue weighted by Crippen LogP contribution is -2.52. The Bertz CT molecular complexity index is 1040. The standard InChI is InChI=1S/C22H25FN4O3S/c23-19-8-6-18(7-9-19)21-20(16-24-25-21)22(28)26-11-13-27(14-12-26)31(29,30)15-10-17-4-2-1-3-5-17/h1-10,15,20-21,24-25H,11-14,16H2/b15-10+. The molecule has 2 saturated heterocycles. The minimum Gasteiger partial charge on any atom is -0.340 e. The Kier molecular flexibility index (Phi) is 6.47. The van der Waals surface area contributed by atoms with Crippen LogP contribution < -0.4 is 10.9 Å². The molecule has 0 aliphatic carbocycles. The predicted octanol–water partition coefficient (Wildman–Crippen LogP) is 1.74. The van der Waals surface area contributed by atoms with Gasteiger partial charge in [-0.25, -0.2) is 18.2 Å². The first-order chi connectivity index (χ1) is 14.9. The summed E-state index contributed by atoms with van der Waals surface area (Å²) in [6.45, 7) is 1.64. The van der Waals surface area contributed by atoms with Gasteiger partial charge in [0.25, 0.3) is 0 Å². The first kappa shape index (κ1) is 21.6. The molecule has 0 radical (unpaired) electrons. The highest BCUT2D eigenvalue weighted by Crippen LogP contribution is 2.27. The van der Waals surface area contributed by atoms with Gasteiger partial charge in [-0.15, -0.1) is 0 Å². The fourth-order valence-corrected chi connectivity index (χ4v) is 5.10. The number of piperazine rings is 1. The Morgan fingerprint density at radius 2 is 1.68 bits per heavy atom. The summed E-state index contributed by atoms with van der Waals surface area (Å²) < 4.78 is 39.9. The maximum Gasteiger partial charge on any atom is 0.236 e. The topological polar surface area (TPSA) is 81.8 Å². The largest absolute Gasteiger partial charge is 0.340 e. The molecule has 2 N–H and O–H groups in total. The number of hydrazine groups is 1. The quantitative estimate of drug-likeness (QED) is 0.734. The van der Waals surface area contributed by atoms with Crippen LogP contribution in [-0.2, 0) is 14.8 Å². The predicted molar refractivity (Wildman–Crippen MR) is 116 cm³/mol. The van der Waals surface area contributed by atoms with E-state index < -0.39 is 10.0 Å². The zero-order valence-corrected chi connectivity index (χ0v) is 17.8. The summed E-state index contributed by atoms with van der Waals surface area (Å²) in [4.78, 5) is 14.8. The van der Waals surface area contributed by atoms with Crippen LogP contribution in [0.5, 0.6) is 0 Å². The summed E-state index contributed by atoms with van der Waals surface area (Å²) in [5.41, 5.74) is 7.75. The lowest BCUT2D eigenvalue weighted by atomic mass is 9.93. The molecule has 31 heavy (non-hydrogen) atoms. The number of carbonyl (C=O) groups excluding carboxylic acids is 1. The van der Waals surface area contributed by atoms with Crippen molar-refractivity contribution in [3.8, 4) is 0 Å². The molecule has 2 aliphatic rings. The van der Waals surface area contributed by atoms with Gasteiger partial charge in [0, 0.05) is 38.1 Å². The molecule has 9 heteroatoms. The first-order valence-electron chi connectivity index (χ1n) is 10.2. The third kappa shape index (κ3) is 5.01. The molecule has 2 aromatic rings. The fraction of sp³-hybridized carbons (Fsp3) is 0.318. The number of halogens is 1.